The molecule has 0 N–H and O–H groups in total. The van der Waals surface area contributed by atoms with E-state index in [2.05, 4.69) is 4.98 Å². The Kier molecular flexibility index (Phi) is 5.50. The van der Waals surface area contributed by atoms with Crippen LogP contribution in [0.15, 0.2) is 30.6 Å². The molecule has 7 heteroatoms. The Morgan fingerprint density at radius 1 is 1.33 bits per heavy atom. The van der Waals surface area contributed by atoms with Crippen molar-refractivity contribution in [2.24, 2.45) is 0 Å². The van der Waals surface area contributed by atoms with Gasteiger partial charge in [0.05, 0.1) is 44.3 Å². The van der Waals surface area contributed by atoms with Crippen LogP contribution in [0.1, 0.15) is 30.7 Å². The van der Waals surface area contributed by atoms with Crippen molar-refractivity contribution in [3.05, 3.63) is 47.8 Å². The number of imidazole rings is 1. The van der Waals surface area contributed by atoms with E-state index in [0.717, 1.165) is 42.9 Å². The predicted octanol–water partition coefficient (Wildman–Crippen LogP) is 2.48. The fourth-order valence-electron chi connectivity index (χ4n) is 3.65. The Bertz CT molecular complexity index is 784. The molecule has 3 heterocycles. The second kappa shape index (κ2) is 8.19. The number of hydrogen-bond donors (Lipinski definition) is 0. The van der Waals surface area contributed by atoms with Gasteiger partial charge in [0.2, 0.25) is 5.91 Å². The average Bonchev–Trinajstić information content (AvgIpc) is 3.35. The summed E-state index contributed by atoms with van der Waals surface area (Å²) in [6, 6.07) is 6.36. The number of amides is 1. The summed E-state index contributed by atoms with van der Waals surface area (Å²) in [5, 5.41) is 0. The van der Waals surface area contributed by atoms with Crippen molar-refractivity contribution >= 4 is 5.91 Å². The number of ether oxygens (including phenoxy) is 2. The SMILES string of the molecule is O=C(CCOCC1CCCO1)N1CCc2c(ncn2-c2ccc(F)cc2)C1. The lowest BCUT2D eigenvalue weighted by atomic mass is 10.1. The van der Waals surface area contributed by atoms with Gasteiger partial charge >= 0.3 is 0 Å². The number of carbonyl (C=O) groups is 1. The third-order valence-corrected chi connectivity index (χ3v) is 5.16. The highest BCUT2D eigenvalue weighted by Crippen LogP contribution is 2.22. The molecule has 1 atom stereocenters. The van der Waals surface area contributed by atoms with Gasteiger partial charge < -0.3 is 18.9 Å². The lowest BCUT2D eigenvalue weighted by molar-refractivity contribution is -0.133. The minimum absolute atomic E-state index is 0.0873. The number of aromatic nitrogens is 2. The van der Waals surface area contributed by atoms with E-state index in [0.29, 0.717) is 32.7 Å². The molecule has 2 aliphatic heterocycles. The summed E-state index contributed by atoms with van der Waals surface area (Å²) in [5.41, 5.74) is 2.87. The molecule has 1 saturated heterocycles. The Hall–Kier alpha value is -2.25. The molecule has 1 fully saturated rings. The van der Waals surface area contributed by atoms with Gasteiger partial charge in [-0.1, -0.05) is 0 Å². The topological polar surface area (TPSA) is 56.6 Å². The second-order valence-electron chi connectivity index (χ2n) is 7.01. The van der Waals surface area contributed by atoms with Crippen LogP contribution in [0.5, 0.6) is 0 Å². The van der Waals surface area contributed by atoms with E-state index in [1.165, 1.54) is 12.1 Å². The molecule has 2 aromatic rings. The molecule has 1 unspecified atom stereocenters. The van der Waals surface area contributed by atoms with Crippen molar-refractivity contribution in [2.45, 2.75) is 38.3 Å². The molecule has 0 bridgehead atoms. The van der Waals surface area contributed by atoms with Crippen LogP contribution in [0.25, 0.3) is 5.69 Å². The monoisotopic (exact) mass is 373 g/mol. The zero-order valence-corrected chi connectivity index (χ0v) is 15.3. The predicted molar refractivity (Wildman–Crippen MR) is 97.1 cm³/mol. The summed E-state index contributed by atoms with van der Waals surface area (Å²) < 4.78 is 26.2. The van der Waals surface area contributed by atoms with Crippen LogP contribution in [0.4, 0.5) is 4.39 Å². The number of hydrogen-bond acceptors (Lipinski definition) is 4. The quantitative estimate of drug-likeness (QED) is 0.730. The van der Waals surface area contributed by atoms with Crippen molar-refractivity contribution in [1.82, 2.24) is 14.5 Å². The molecule has 1 amide bonds. The van der Waals surface area contributed by atoms with E-state index < -0.39 is 0 Å². The molecule has 0 saturated carbocycles. The van der Waals surface area contributed by atoms with Gasteiger partial charge in [-0.3, -0.25) is 4.79 Å². The van der Waals surface area contributed by atoms with Crippen molar-refractivity contribution in [2.75, 3.05) is 26.4 Å². The van der Waals surface area contributed by atoms with Crippen LogP contribution in [-0.2, 0) is 27.2 Å². The largest absolute Gasteiger partial charge is 0.378 e. The lowest BCUT2D eigenvalue weighted by Crippen LogP contribution is -2.37. The Balaban J connectivity index is 1.30. The van der Waals surface area contributed by atoms with Crippen molar-refractivity contribution in [3.8, 4) is 5.69 Å². The molecule has 1 aromatic carbocycles. The van der Waals surface area contributed by atoms with Gasteiger partial charge in [0.1, 0.15) is 5.82 Å². The third kappa shape index (κ3) is 4.20. The zero-order chi connectivity index (χ0) is 18.6. The highest BCUT2D eigenvalue weighted by Gasteiger charge is 2.24. The molecule has 27 heavy (non-hydrogen) atoms. The smallest absolute Gasteiger partial charge is 0.225 e. The fraction of sp³-hybridized carbons (Fsp3) is 0.500. The maximum atomic E-state index is 13.1. The van der Waals surface area contributed by atoms with Gasteiger partial charge in [-0.25, -0.2) is 9.37 Å². The van der Waals surface area contributed by atoms with Gasteiger partial charge in [0, 0.05) is 31.0 Å². The summed E-state index contributed by atoms with van der Waals surface area (Å²) in [6.07, 6.45) is 5.17. The number of carbonyl (C=O) groups excluding carboxylic acids is 1. The number of rotatable bonds is 6. The second-order valence-corrected chi connectivity index (χ2v) is 7.01. The van der Waals surface area contributed by atoms with Gasteiger partial charge in [-0.05, 0) is 37.1 Å². The summed E-state index contributed by atoms with van der Waals surface area (Å²) in [5.74, 6) is -0.171. The number of nitrogens with zero attached hydrogens (tertiary/aromatic N) is 3. The third-order valence-electron chi connectivity index (χ3n) is 5.16. The first-order valence-corrected chi connectivity index (χ1v) is 9.49. The molecular weight excluding hydrogens is 349 g/mol. The van der Waals surface area contributed by atoms with Crippen molar-refractivity contribution < 1.29 is 18.7 Å². The highest BCUT2D eigenvalue weighted by atomic mass is 19.1. The maximum absolute atomic E-state index is 13.1. The summed E-state index contributed by atoms with van der Waals surface area (Å²) >= 11 is 0. The molecule has 144 valence electrons. The van der Waals surface area contributed by atoms with Gasteiger partial charge in [0.25, 0.3) is 0 Å². The van der Waals surface area contributed by atoms with Crippen molar-refractivity contribution in [3.63, 3.8) is 0 Å². The Labute approximate surface area is 157 Å². The zero-order valence-electron chi connectivity index (χ0n) is 15.3. The molecule has 0 spiro atoms. The van der Waals surface area contributed by atoms with Crippen LogP contribution in [0.3, 0.4) is 0 Å². The Morgan fingerprint density at radius 2 is 2.19 bits per heavy atom. The summed E-state index contributed by atoms with van der Waals surface area (Å²) in [7, 11) is 0. The van der Waals surface area contributed by atoms with E-state index >= 15 is 0 Å². The maximum Gasteiger partial charge on any atom is 0.225 e. The number of fused-ring (bicyclic) bond motifs is 1. The molecule has 0 aliphatic carbocycles. The van der Waals surface area contributed by atoms with Gasteiger partial charge in [-0.15, -0.1) is 0 Å². The van der Waals surface area contributed by atoms with E-state index in [4.69, 9.17) is 9.47 Å². The summed E-state index contributed by atoms with van der Waals surface area (Å²) in [6.45, 7) is 2.97. The fourth-order valence-corrected chi connectivity index (χ4v) is 3.65. The van der Waals surface area contributed by atoms with E-state index in [9.17, 15) is 9.18 Å². The average molecular weight is 373 g/mol. The first kappa shape index (κ1) is 18.1. The molecule has 0 radical (unpaired) electrons. The molecular formula is C20H24FN3O3. The number of benzene rings is 1. The standard InChI is InChI=1S/C20H24FN3O3/c21-15-3-5-16(6-4-15)24-14-22-18-12-23(9-7-19(18)24)20(25)8-11-26-13-17-2-1-10-27-17/h3-6,14,17H,1-2,7-13H2. The van der Waals surface area contributed by atoms with E-state index in [-0.39, 0.29) is 17.8 Å². The van der Waals surface area contributed by atoms with Crippen LogP contribution in [0.2, 0.25) is 0 Å². The number of halogens is 1. The van der Waals surface area contributed by atoms with Crippen LogP contribution in [-0.4, -0.2) is 52.8 Å². The molecule has 1 aromatic heterocycles. The van der Waals surface area contributed by atoms with E-state index in [1.807, 2.05) is 9.47 Å². The molecule has 2 aliphatic rings. The van der Waals surface area contributed by atoms with E-state index in [1.54, 1.807) is 18.5 Å². The van der Waals surface area contributed by atoms with Gasteiger partial charge in [0.15, 0.2) is 0 Å². The van der Waals surface area contributed by atoms with Crippen LogP contribution < -0.4 is 0 Å². The van der Waals surface area contributed by atoms with Gasteiger partial charge in [-0.2, -0.15) is 0 Å². The Morgan fingerprint density at radius 3 is 2.96 bits per heavy atom. The molecule has 4 rings (SSSR count). The first-order chi connectivity index (χ1) is 13.2. The van der Waals surface area contributed by atoms with Crippen LogP contribution >= 0.6 is 0 Å². The van der Waals surface area contributed by atoms with Crippen LogP contribution in [0, 0.1) is 5.82 Å². The highest BCUT2D eigenvalue weighted by molar-refractivity contribution is 5.76. The first-order valence-electron chi connectivity index (χ1n) is 9.49. The minimum atomic E-state index is -0.258. The normalized spacial score (nSPS) is 19.3. The lowest BCUT2D eigenvalue weighted by Gasteiger charge is -2.27. The molecule has 6 nitrogen and oxygen atoms in total. The minimum Gasteiger partial charge on any atom is -0.378 e. The summed E-state index contributed by atoms with van der Waals surface area (Å²) in [4.78, 5) is 18.8. The van der Waals surface area contributed by atoms with Crippen molar-refractivity contribution in [1.29, 1.82) is 0 Å².